The molecule has 1 fully saturated rings. The minimum Gasteiger partial charge on any atom is -0.494 e. The summed E-state index contributed by atoms with van der Waals surface area (Å²) >= 11 is 0. The highest BCUT2D eigenvalue weighted by Crippen LogP contribution is 2.17. The van der Waals surface area contributed by atoms with Crippen LogP contribution in [-0.4, -0.2) is 25.1 Å². The Morgan fingerprint density at radius 1 is 1.36 bits per heavy atom. The number of carbonyl (C=O) groups is 1. The first-order valence-corrected chi connectivity index (χ1v) is 7.89. The van der Waals surface area contributed by atoms with Crippen LogP contribution >= 0.6 is 12.4 Å². The fourth-order valence-electron chi connectivity index (χ4n) is 2.41. The molecule has 0 aliphatic carbocycles. The lowest BCUT2D eigenvalue weighted by Gasteiger charge is -2.11. The largest absolute Gasteiger partial charge is 0.494 e. The van der Waals surface area contributed by atoms with Crippen molar-refractivity contribution < 1.29 is 9.53 Å². The number of nitrogens with one attached hydrogen (secondary N) is 2. The zero-order valence-corrected chi connectivity index (χ0v) is 14.2. The fraction of sp³-hybridized carbons (Fsp3) is 0.588. The van der Waals surface area contributed by atoms with Crippen LogP contribution in [0.3, 0.4) is 0 Å². The highest BCUT2D eigenvalue weighted by atomic mass is 35.5. The predicted molar refractivity (Wildman–Crippen MR) is 92.9 cm³/mol. The third kappa shape index (κ3) is 6.67. The lowest BCUT2D eigenvalue weighted by atomic mass is 10.1. The summed E-state index contributed by atoms with van der Waals surface area (Å²) in [4.78, 5) is 11.9. The Morgan fingerprint density at radius 3 is 2.68 bits per heavy atom. The smallest absolute Gasteiger partial charge is 0.225 e. The molecule has 4 nitrogen and oxygen atoms in total. The highest BCUT2D eigenvalue weighted by molar-refractivity contribution is 5.91. The molecule has 1 amide bonds. The van der Waals surface area contributed by atoms with Crippen LogP contribution < -0.4 is 15.4 Å². The van der Waals surface area contributed by atoms with Crippen LogP contribution in [0.25, 0.3) is 0 Å². The SMILES string of the molecule is CC(C)CCOc1ccc(NC(=O)CC2CCCN2)cc1.Cl. The molecular formula is C17H27ClN2O2. The van der Waals surface area contributed by atoms with Crippen LogP contribution in [0.5, 0.6) is 5.75 Å². The topological polar surface area (TPSA) is 50.4 Å². The Morgan fingerprint density at radius 2 is 2.09 bits per heavy atom. The third-order valence-electron chi connectivity index (χ3n) is 3.70. The number of rotatable bonds is 7. The molecule has 124 valence electrons. The van der Waals surface area contributed by atoms with Gasteiger partial charge in [0.25, 0.3) is 0 Å². The molecule has 22 heavy (non-hydrogen) atoms. The Kier molecular flexibility index (Phi) is 8.28. The average Bonchev–Trinajstić information content (AvgIpc) is 2.93. The van der Waals surface area contributed by atoms with Gasteiger partial charge in [-0.2, -0.15) is 0 Å². The number of hydrogen-bond acceptors (Lipinski definition) is 3. The van der Waals surface area contributed by atoms with Gasteiger partial charge in [-0.1, -0.05) is 13.8 Å². The molecule has 1 aromatic carbocycles. The van der Waals surface area contributed by atoms with Crippen molar-refractivity contribution in [2.75, 3.05) is 18.5 Å². The molecule has 1 heterocycles. The number of hydrogen-bond donors (Lipinski definition) is 2. The van der Waals surface area contributed by atoms with Crippen molar-refractivity contribution >= 4 is 24.0 Å². The van der Waals surface area contributed by atoms with Gasteiger partial charge in [-0.25, -0.2) is 0 Å². The van der Waals surface area contributed by atoms with Gasteiger partial charge < -0.3 is 15.4 Å². The zero-order chi connectivity index (χ0) is 15.1. The van der Waals surface area contributed by atoms with E-state index in [9.17, 15) is 4.79 Å². The van der Waals surface area contributed by atoms with Crippen LogP contribution in [0.2, 0.25) is 0 Å². The average molecular weight is 327 g/mol. The lowest BCUT2D eigenvalue weighted by molar-refractivity contribution is -0.116. The van der Waals surface area contributed by atoms with Crippen LogP contribution in [0.1, 0.15) is 39.5 Å². The molecule has 1 atom stereocenters. The molecule has 0 spiro atoms. The van der Waals surface area contributed by atoms with E-state index in [0.717, 1.165) is 37.4 Å². The number of halogens is 1. The van der Waals surface area contributed by atoms with Crippen molar-refractivity contribution in [2.45, 2.75) is 45.6 Å². The summed E-state index contributed by atoms with van der Waals surface area (Å²) in [5.41, 5.74) is 0.828. The van der Waals surface area contributed by atoms with Crippen LogP contribution in [-0.2, 0) is 4.79 Å². The van der Waals surface area contributed by atoms with Gasteiger partial charge in [-0.3, -0.25) is 4.79 Å². The van der Waals surface area contributed by atoms with E-state index in [4.69, 9.17) is 4.74 Å². The Balaban J connectivity index is 0.00000242. The summed E-state index contributed by atoms with van der Waals surface area (Å²) in [5, 5.41) is 6.27. The number of ether oxygens (including phenoxy) is 1. The van der Waals surface area contributed by atoms with Gasteiger partial charge in [0.2, 0.25) is 5.91 Å². The summed E-state index contributed by atoms with van der Waals surface area (Å²) in [6, 6.07) is 7.94. The first-order valence-electron chi connectivity index (χ1n) is 7.89. The van der Waals surface area contributed by atoms with E-state index in [2.05, 4.69) is 24.5 Å². The summed E-state index contributed by atoms with van der Waals surface area (Å²) in [6.07, 6.45) is 3.86. The quantitative estimate of drug-likeness (QED) is 0.804. The molecule has 1 saturated heterocycles. The third-order valence-corrected chi connectivity index (χ3v) is 3.70. The maximum Gasteiger partial charge on any atom is 0.225 e. The van der Waals surface area contributed by atoms with E-state index in [1.807, 2.05) is 24.3 Å². The minimum atomic E-state index is 0. The van der Waals surface area contributed by atoms with Gasteiger partial charge in [0, 0.05) is 18.2 Å². The van der Waals surface area contributed by atoms with Gasteiger partial charge in [0.1, 0.15) is 5.75 Å². The van der Waals surface area contributed by atoms with Crippen molar-refractivity contribution in [2.24, 2.45) is 5.92 Å². The highest BCUT2D eigenvalue weighted by Gasteiger charge is 2.17. The van der Waals surface area contributed by atoms with E-state index >= 15 is 0 Å². The van der Waals surface area contributed by atoms with Crippen molar-refractivity contribution in [3.8, 4) is 5.75 Å². The summed E-state index contributed by atoms with van der Waals surface area (Å²) in [5.74, 6) is 1.57. The van der Waals surface area contributed by atoms with Gasteiger partial charge in [0.15, 0.2) is 0 Å². The van der Waals surface area contributed by atoms with Gasteiger partial charge >= 0.3 is 0 Å². The van der Waals surface area contributed by atoms with Crippen molar-refractivity contribution in [3.63, 3.8) is 0 Å². The number of anilines is 1. The second kappa shape index (κ2) is 9.70. The van der Waals surface area contributed by atoms with Crippen molar-refractivity contribution in [1.29, 1.82) is 0 Å². The van der Waals surface area contributed by atoms with Crippen LogP contribution in [0, 0.1) is 5.92 Å². The van der Waals surface area contributed by atoms with Crippen LogP contribution in [0.4, 0.5) is 5.69 Å². The second-order valence-electron chi connectivity index (χ2n) is 6.10. The molecule has 0 aromatic heterocycles. The molecule has 1 aromatic rings. The second-order valence-corrected chi connectivity index (χ2v) is 6.10. The molecule has 1 unspecified atom stereocenters. The summed E-state index contributed by atoms with van der Waals surface area (Å²) in [7, 11) is 0. The first-order chi connectivity index (χ1) is 10.1. The zero-order valence-electron chi connectivity index (χ0n) is 13.4. The normalized spacial score (nSPS) is 17.1. The standard InChI is InChI=1S/C17H26N2O2.ClH/c1-13(2)9-11-21-16-7-5-14(6-8-16)19-17(20)12-15-4-3-10-18-15;/h5-8,13,15,18H,3-4,9-12H2,1-2H3,(H,19,20);1H. The molecule has 1 aliphatic rings. The van der Waals surface area contributed by atoms with Gasteiger partial charge in [0.05, 0.1) is 6.61 Å². The summed E-state index contributed by atoms with van der Waals surface area (Å²) < 4.78 is 5.66. The van der Waals surface area contributed by atoms with E-state index in [1.54, 1.807) is 0 Å². The Labute approximate surface area is 139 Å². The maximum absolute atomic E-state index is 11.9. The summed E-state index contributed by atoms with van der Waals surface area (Å²) in [6.45, 7) is 6.12. The molecule has 2 N–H and O–H groups in total. The number of carbonyl (C=O) groups excluding carboxylic acids is 1. The van der Waals surface area contributed by atoms with E-state index in [0.29, 0.717) is 18.4 Å². The lowest BCUT2D eigenvalue weighted by Crippen LogP contribution is -2.27. The fourth-order valence-corrected chi connectivity index (χ4v) is 2.41. The predicted octanol–water partition coefficient (Wildman–Crippen LogP) is 3.61. The van der Waals surface area contributed by atoms with E-state index < -0.39 is 0 Å². The van der Waals surface area contributed by atoms with Gasteiger partial charge in [-0.05, 0) is 56.0 Å². The Hall–Kier alpha value is -1.26. The van der Waals surface area contributed by atoms with Crippen LogP contribution in [0.15, 0.2) is 24.3 Å². The molecular weight excluding hydrogens is 300 g/mol. The maximum atomic E-state index is 11.9. The number of amides is 1. The monoisotopic (exact) mass is 326 g/mol. The Bertz CT molecular complexity index is 442. The van der Waals surface area contributed by atoms with E-state index in [1.165, 1.54) is 6.42 Å². The molecule has 5 heteroatoms. The minimum absolute atomic E-state index is 0. The molecule has 0 saturated carbocycles. The molecule has 0 radical (unpaired) electrons. The first kappa shape index (κ1) is 18.8. The molecule has 1 aliphatic heterocycles. The molecule has 2 rings (SSSR count). The van der Waals surface area contributed by atoms with Crippen molar-refractivity contribution in [3.05, 3.63) is 24.3 Å². The number of benzene rings is 1. The van der Waals surface area contributed by atoms with Gasteiger partial charge in [-0.15, -0.1) is 12.4 Å². The molecule has 0 bridgehead atoms. The van der Waals surface area contributed by atoms with E-state index in [-0.39, 0.29) is 18.3 Å². The van der Waals surface area contributed by atoms with Crippen molar-refractivity contribution in [1.82, 2.24) is 5.32 Å².